The average Bonchev–Trinajstić information content (AvgIpc) is 3.39. The molecule has 2 aromatic rings. The van der Waals surface area contributed by atoms with Gasteiger partial charge in [0.05, 0.1) is 17.1 Å². The Kier molecular flexibility index (Phi) is 6.21. The summed E-state index contributed by atoms with van der Waals surface area (Å²) in [5.41, 5.74) is -0.523. The second-order valence-electron chi connectivity index (χ2n) is 6.60. The first kappa shape index (κ1) is 20.8. The first-order valence-electron chi connectivity index (χ1n) is 8.82. The van der Waals surface area contributed by atoms with Gasteiger partial charge in [-0.2, -0.15) is 0 Å². The largest absolute Gasteiger partial charge is 0.335 e. The maximum absolute atomic E-state index is 13.7. The third kappa shape index (κ3) is 4.42. The van der Waals surface area contributed by atoms with Crippen LogP contribution in [0.2, 0.25) is 0 Å². The van der Waals surface area contributed by atoms with Crippen molar-refractivity contribution in [3.05, 3.63) is 52.0 Å². The van der Waals surface area contributed by atoms with Crippen LogP contribution < -0.4 is 5.32 Å². The molecular weight excluding hydrogens is 407 g/mol. The van der Waals surface area contributed by atoms with Gasteiger partial charge in [-0.1, -0.05) is 6.07 Å². The van der Waals surface area contributed by atoms with Gasteiger partial charge in [-0.15, -0.1) is 11.3 Å². The highest BCUT2D eigenvalue weighted by Crippen LogP contribution is 2.24. The number of carbonyl (C=O) groups excluding carboxylic acids is 3. The quantitative estimate of drug-likeness (QED) is 0.749. The molecule has 1 fully saturated rings. The summed E-state index contributed by atoms with van der Waals surface area (Å²) in [5.74, 6) is -6.02. The molecule has 1 aliphatic rings. The van der Waals surface area contributed by atoms with E-state index in [1.165, 1.54) is 23.3 Å². The third-order valence-corrected chi connectivity index (χ3v) is 5.45. The zero-order valence-corrected chi connectivity index (χ0v) is 16.3. The van der Waals surface area contributed by atoms with Gasteiger partial charge in [0.2, 0.25) is 11.8 Å². The first-order valence-corrected chi connectivity index (χ1v) is 9.70. The van der Waals surface area contributed by atoms with Gasteiger partial charge in [-0.3, -0.25) is 14.4 Å². The smallest absolute Gasteiger partial charge is 0.264 e. The van der Waals surface area contributed by atoms with Gasteiger partial charge < -0.3 is 15.1 Å². The number of carbonyl (C=O) groups is 3. The average molecular weight is 425 g/mol. The lowest BCUT2D eigenvalue weighted by molar-refractivity contribution is -0.136. The normalized spacial score (nSPS) is 16.0. The summed E-state index contributed by atoms with van der Waals surface area (Å²) < 4.78 is 39.9. The molecule has 1 aromatic heterocycles. The maximum Gasteiger partial charge on any atom is 0.264 e. The Bertz CT molecular complexity index is 936. The van der Waals surface area contributed by atoms with Crippen molar-refractivity contribution in [2.45, 2.75) is 18.9 Å². The lowest BCUT2D eigenvalue weighted by Crippen LogP contribution is -2.48. The molecule has 2 heterocycles. The number of nitrogens with zero attached hydrogens (tertiary/aromatic N) is 2. The highest BCUT2D eigenvalue weighted by molar-refractivity contribution is 7.12. The summed E-state index contributed by atoms with van der Waals surface area (Å²) in [6.45, 7) is 0.00203. The van der Waals surface area contributed by atoms with E-state index in [9.17, 15) is 27.6 Å². The molecular formula is C19H18F3N3O3S. The summed E-state index contributed by atoms with van der Waals surface area (Å²) in [4.78, 5) is 40.6. The third-order valence-electron chi connectivity index (χ3n) is 4.60. The minimum Gasteiger partial charge on any atom is -0.335 e. The van der Waals surface area contributed by atoms with Crippen LogP contribution in [0.3, 0.4) is 0 Å². The summed E-state index contributed by atoms with van der Waals surface area (Å²) in [6, 6.07) is 4.32. The molecule has 0 bridgehead atoms. The molecule has 0 saturated carbocycles. The molecule has 0 unspecified atom stereocenters. The molecule has 0 aliphatic carbocycles. The molecule has 0 spiro atoms. The molecule has 10 heteroatoms. The lowest BCUT2D eigenvalue weighted by atomic mass is 10.2. The molecule has 0 radical (unpaired) electrons. The van der Waals surface area contributed by atoms with Crippen molar-refractivity contribution in [1.82, 2.24) is 9.80 Å². The van der Waals surface area contributed by atoms with Gasteiger partial charge in [0.1, 0.15) is 6.04 Å². The van der Waals surface area contributed by atoms with Gasteiger partial charge in [0.15, 0.2) is 17.5 Å². The number of likely N-dealkylation sites (tertiary alicyclic amines) is 1. The Balaban J connectivity index is 1.63. The van der Waals surface area contributed by atoms with Gasteiger partial charge in [-0.25, -0.2) is 13.2 Å². The number of benzene rings is 1. The second-order valence-corrected chi connectivity index (χ2v) is 7.55. The Hall–Kier alpha value is -2.88. The van der Waals surface area contributed by atoms with E-state index in [0.717, 1.165) is 11.0 Å². The number of amides is 3. The number of nitrogens with one attached hydrogen (secondary N) is 1. The molecule has 1 aromatic carbocycles. The van der Waals surface area contributed by atoms with Gasteiger partial charge in [-0.05, 0) is 36.4 Å². The van der Waals surface area contributed by atoms with Crippen molar-refractivity contribution < 1.29 is 27.6 Å². The van der Waals surface area contributed by atoms with Crippen molar-refractivity contribution in [1.29, 1.82) is 0 Å². The number of hydrogen-bond acceptors (Lipinski definition) is 4. The second kappa shape index (κ2) is 8.64. The molecule has 3 rings (SSSR count). The molecule has 1 aliphatic heterocycles. The molecule has 6 nitrogen and oxygen atoms in total. The van der Waals surface area contributed by atoms with Crippen LogP contribution in [0.4, 0.5) is 18.9 Å². The zero-order valence-electron chi connectivity index (χ0n) is 15.5. The van der Waals surface area contributed by atoms with E-state index in [1.54, 1.807) is 17.5 Å². The number of thiophene rings is 1. The predicted octanol–water partition coefficient (Wildman–Crippen LogP) is 2.87. The van der Waals surface area contributed by atoms with Gasteiger partial charge in [0.25, 0.3) is 5.91 Å². The van der Waals surface area contributed by atoms with Crippen molar-refractivity contribution >= 4 is 34.7 Å². The molecule has 154 valence electrons. The van der Waals surface area contributed by atoms with Gasteiger partial charge in [0, 0.05) is 13.6 Å². The predicted molar refractivity (Wildman–Crippen MR) is 101 cm³/mol. The number of anilines is 1. The molecule has 1 atom stereocenters. The summed E-state index contributed by atoms with van der Waals surface area (Å²) in [5, 5.41) is 3.89. The molecule has 1 N–H and O–H groups in total. The van der Waals surface area contributed by atoms with E-state index in [2.05, 4.69) is 5.32 Å². The van der Waals surface area contributed by atoms with Crippen LogP contribution in [0.1, 0.15) is 22.5 Å². The zero-order chi connectivity index (χ0) is 21.1. The topological polar surface area (TPSA) is 69.7 Å². The first-order chi connectivity index (χ1) is 13.8. The van der Waals surface area contributed by atoms with E-state index in [-0.39, 0.29) is 5.91 Å². The van der Waals surface area contributed by atoms with Crippen molar-refractivity contribution in [2.75, 3.05) is 25.5 Å². The number of likely N-dealkylation sites (N-methyl/N-ethyl adjacent to an activating group) is 1. The fourth-order valence-corrected chi connectivity index (χ4v) is 3.85. The van der Waals surface area contributed by atoms with Gasteiger partial charge >= 0.3 is 0 Å². The molecule has 29 heavy (non-hydrogen) atoms. The Morgan fingerprint density at radius 3 is 2.66 bits per heavy atom. The van der Waals surface area contributed by atoms with Crippen molar-refractivity contribution in [3.63, 3.8) is 0 Å². The van der Waals surface area contributed by atoms with Crippen LogP contribution in [0.15, 0.2) is 29.6 Å². The monoisotopic (exact) mass is 425 g/mol. The Morgan fingerprint density at radius 1 is 1.21 bits per heavy atom. The van der Waals surface area contributed by atoms with Crippen LogP contribution in [0.25, 0.3) is 0 Å². The molecule has 3 amide bonds. The van der Waals surface area contributed by atoms with Crippen LogP contribution in [-0.2, 0) is 9.59 Å². The van der Waals surface area contributed by atoms with Crippen molar-refractivity contribution in [2.24, 2.45) is 0 Å². The van der Waals surface area contributed by atoms with Crippen LogP contribution >= 0.6 is 11.3 Å². The maximum atomic E-state index is 13.7. The summed E-state index contributed by atoms with van der Waals surface area (Å²) in [7, 11) is 1.38. The minimum absolute atomic E-state index is 0.238. The van der Waals surface area contributed by atoms with E-state index in [0.29, 0.717) is 30.3 Å². The van der Waals surface area contributed by atoms with Crippen LogP contribution in [-0.4, -0.2) is 53.7 Å². The fraction of sp³-hybridized carbons (Fsp3) is 0.316. The number of rotatable bonds is 5. The van der Waals surface area contributed by atoms with E-state index in [1.807, 2.05) is 0 Å². The van der Waals surface area contributed by atoms with E-state index in [4.69, 9.17) is 0 Å². The minimum atomic E-state index is -1.69. The number of halogens is 3. The van der Waals surface area contributed by atoms with E-state index < -0.39 is 47.5 Å². The lowest BCUT2D eigenvalue weighted by Gasteiger charge is -2.27. The SMILES string of the molecule is CN(CC(=O)Nc1ccc(F)c(F)c1F)C(=O)[C@H]1CCCN1C(=O)c1cccs1. The number of hydrogen-bond donors (Lipinski definition) is 1. The summed E-state index contributed by atoms with van der Waals surface area (Å²) >= 11 is 1.28. The highest BCUT2D eigenvalue weighted by Gasteiger charge is 2.36. The van der Waals surface area contributed by atoms with E-state index >= 15 is 0 Å². The Morgan fingerprint density at radius 2 is 1.97 bits per heavy atom. The van der Waals surface area contributed by atoms with Crippen LogP contribution in [0, 0.1) is 17.5 Å². The standard InChI is InChI=1S/C19H18F3N3O3S/c1-24(10-15(26)23-12-7-6-11(20)16(21)17(12)22)18(27)13-4-2-8-25(13)19(28)14-5-3-9-29-14/h3,5-7,9,13H,2,4,8,10H2,1H3,(H,23,26)/t13-/m1/s1. The van der Waals surface area contributed by atoms with Crippen LogP contribution in [0.5, 0.6) is 0 Å². The van der Waals surface area contributed by atoms with Crippen molar-refractivity contribution in [3.8, 4) is 0 Å². The highest BCUT2D eigenvalue weighted by atomic mass is 32.1. The summed E-state index contributed by atoms with van der Waals surface area (Å²) in [6.07, 6.45) is 1.13. The molecule has 1 saturated heterocycles. The fourth-order valence-electron chi connectivity index (χ4n) is 3.17. The Labute approximate surface area is 168 Å².